The second-order valence-corrected chi connectivity index (χ2v) is 13.1. The zero-order valence-corrected chi connectivity index (χ0v) is 30.0. The summed E-state index contributed by atoms with van der Waals surface area (Å²) in [5.41, 5.74) is 4.11. The van der Waals surface area contributed by atoms with Gasteiger partial charge in [0, 0.05) is 30.8 Å². The summed E-state index contributed by atoms with van der Waals surface area (Å²) < 4.78 is 7.16. The third-order valence-corrected chi connectivity index (χ3v) is 9.49. The molecule has 0 radical (unpaired) electrons. The second kappa shape index (κ2) is 15.5. The zero-order valence-electron chi connectivity index (χ0n) is 30.0. The summed E-state index contributed by atoms with van der Waals surface area (Å²) >= 11 is 0. The molecule has 3 aromatic carbocycles. The summed E-state index contributed by atoms with van der Waals surface area (Å²) in [6.45, 7) is 2.49. The van der Waals surface area contributed by atoms with E-state index in [1.807, 2.05) is 19.1 Å². The van der Waals surface area contributed by atoms with Gasteiger partial charge < -0.3 is 20.7 Å². The summed E-state index contributed by atoms with van der Waals surface area (Å²) in [6.07, 6.45) is -0.498. The number of ether oxygens (including phenoxy) is 1. The van der Waals surface area contributed by atoms with Crippen molar-refractivity contribution in [2.45, 2.75) is 32.2 Å². The van der Waals surface area contributed by atoms with Gasteiger partial charge in [-0.2, -0.15) is 10.5 Å². The average Bonchev–Trinajstić information content (AvgIpc) is 3.69. The molecule has 4 heterocycles. The standard InChI is InChI=1S/C40H33N9O7/c1-22-9-11-23(12-10-22)34-25(20-41)36-45-27-6-2-3-8-29(27)48(36)37(26(34)21-42)46-33(52)19-32(51)44-16-18-56-17-15-43-28-7-4-5-24-35(28)40(55)49(39(24)54)30-13-14-31(50)47-38(30)53/h2-12,30,43H,13-19H2,1H3,(H,44,51)(H,46,52)(H,47,50,53). The number of imidazole rings is 1. The highest BCUT2D eigenvalue weighted by Crippen LogP contribution is 2.37. The number of hydrogen-bond donors (Lipinski definition) is 4. The van der Waals surface area contributed by atoms with Gasteiger partial charge in [0.05, 0.1) is 35.4 Å². The lowest BCUT2D eigenvalue weighted by molar-refractivity contribution is -0.136. The molecular formula is C40H33N9O7. The van der Waals surface area contributed by atoms with Crippen LogP contribution in [0.2, 0.25) is 0 Å². The van der Waals surface area contributed by atoms with Gasteiger partial charge in [-0.15, -0.1) is 0 Å². The molecule has 16 nitrogen and oxygen atoms in total. The summed E-state index contributed by atoms with van der Waals surface area (Å²) in [5, 5.41) is 31.3. The van der Waals surface area contributed by atoms with Crippen LogP contribution in [0.15, 0.2) is 66.7 Å². The van der Waals surface area contributed by atoms with Gasteiger partial charge in [0.25, 0.3) is 11.8 Å². The van der Waals surface area contributed by atoms with Crippen molar-refractivity contribution in [1.82, 2.24) is 24.9 Å². The number of hydrogen-bond acceptors (Lipinski definition) is 11. The van der Waals surface area contributed by atoms with Crippen LogP contribution in [0.3, 0.4) is 0 Å². The fourth-order valence-corrected chi connectivity index (χ4v) is 6.90. The van der Waals surface area contributed by atoms with Gasteiger partial charge in [-0.3, -0.25) is 43.4 Å². The van der Waals surface area contributed by atoms with Crippen molar-refractivity contribution >= 4 is 63.6 Å². The van der Waals surface area contributed by atoms with Crippen LogP contribution in [0.25, 0.3) is 27.8 Å². The molecule has 6 amide bonds. The van der Waals surface area contributed by atoms with Crippen molar-refractivity contribution in [2.24, 2.45) is 0 Å². The van der Waals surface area contributed by atoms with Gasteiger partial charge in [-0.05, 0) is 43.2 Å². The lowest BCUT2D eigenvalue weighted by atomic mass is 9.95. The first kappa shape index (κ1) is 36.9. The van der Waals surface area contributed by atoms with E-state index in [2.05, 4.69) is 38.4 Å². The number of carbonyl (C=O) groups is 6. The molecule has 5 aromatic rings. The molecule has 0 aliphatic carbocycles. The van der Waals surface area contributed by atoms with Crippen molar-refractivity contribution in [3.63, 3.8) is 0 Å². The average molecular weight is 752 g/mol. The first-order valence-electron chi connectivity index (χ1n) is 17.7. The van der Waals surface area contributed by atoms with E-state index in [9.17, 15) is 39.3 Å². The molecule has 16 heteroatoms. The van der Waals surface area contributed by atoms with Crippen LogP contribution in [-0.4, -0.2) is 82.1 Å². The number of piperidine rings is 1. The maximum Gasteiger partial charge on any atom is 0.264 e. The smallest absolute Gasteiger partial charge is 0.264 e. The number of anilines is 2. The van der Waals surface area contributed by atoms with Crippen LogP contribution in [0.1, 0.15) is 56.7 Å². The highest BCUT2D eigenvalue weighted by Gasteiger charge is 2.45. The number of rotatable bonds is 12. The van der Waals surface area contributed by atoms with Crippen LogP contribution in [0.5, 0.6) is 0 Å². The third kappa shape index (κ3) is 6.88. The molecule has 280 valence electrons. The molecule has 1 saturated heterocycles. The largest absolute Gasteiger partial charge is 0.382 e. The lowest BCUT2D eigenvalue weighted by Gasteiger charge is -2.27. The highest BCUT2D eigenvalue weighted by atomic mass is 16.5. The van der Waals surface area contributed by atoms with Crippen LogP contribution in [0, 0.1) is 29.6 Å². The third-order valence-electron chi connectivity index (χ3n) is 9.49. The van der Waals surface area contributed by atoms with Gasteiger partial charge in [0.2, 0.25) is 23.6 Å². The van der Waals surface area contributed by atoms with E-state index in [0.717, 1.165) is 10.5 Å². The van der Waals surface area contributed by atoms with Crippen LogP contribution in [0.4, 0.5) is 11.5 Å². The minimum Gasteiger partial charge on any atom is -0.382 e. The Bertz CT molecular complexity index is 2570. The number of imide groups is 2. The number of para-hydroxylation sites is 2. The molecule has 0 saturated carbocycles. The number of nitrogens with one attached hydrogen (secondary N) is 4. The molecule has 2 aromatic heterocycles. The molecule has 1 unspecified atom stereocenters. The Morgan fingerprint density at radius 1 is 0.893 bits per heavy atom. The number of carbonyl (C=O) groups excluding carboxylic acids is 6. The molecule has 0 bridgehead atoms. The summed E-state index contributed by atoms with van der Waals surface area (Å²) in [6, 6.07) is 22.4. The van der Waals surface area contributed by atoms with Gasteiger partial charge in [0.15, 0.2) is 5.65 Å². The molecule has 7 rings (SSSR count). The SMILES string of the molecule is Cc1ccc(-c2c(C#N)c(NC(=O)CC(=O)NCCOCCNc3cccc4c3C(=O)N(C3CCC(=O)NC3=O)C4=O)n3c(nc4ccccc43)c2C#N)cc1. The predicted octanol–water partition coefficient (Wildman–Crippen LogP) is 3.18. The van der Waals surface area contributed by atoms with Gasteiger partial charge >= 0.3 is 0 Å². The maximum atomic E-state index is 13.3. The summed E-state index contributed by atoms with van der Waals surface area (Å²) in [7, 11) is 0. The molecule has 4 N–H and O–H groups in total. The van der Waals surface area contributed by atoms with Crippen molar-refractivity contribution in [3.05, 3.63) is 94.5 Å². The van der Waals surface area contributed by atoms with E-state index >= 15 is 0 Å². The highest BCUT2D eigenvalue weighted by molar-refractivity contribution is 6.25. The Morgan fingerprint density at radius 2 is 1.64 bits per heavy atom. The van der Waals surface area contributed by atoms with E-state index in [4.69, 9.17) is 4.74 Å². The van der Waals surface area contributed by atoms with E-state index in [1.54, 1.807) is 52.9 Å². The van der Waals surface area contributed by atoms with E-state index in [1.165, 1.54) is 6.07 Å². The molecule has 1 fully saturated rings. The number of nitriles is 2. The quantitative estimate of drug-likeness (QED) is 0.0822. The van der Waals surface area contributed by atoms with Crippen LogP contribution < -0.4 is 21.3 Å². The van der Waals surface area contributed by atoms with E-state index < -0.39 is 47.9 Å². The number of amides is 6. The monoisotopic (exact) mass is 751 g/mol. The van der Waals surface area contributed by atoms with E-state index in [-0.39, 0.29) is 72.9 Å². The Labute approximate surface area is 319 Å². The molecule has 2 aliphatic rings. The topological polar surface area (TPSA) is 228 Å². The number of nitrogens with zero attached hydrogens (tertiary/aromatic N) is 5. The van der Waals surface area contributed by atoms with Gasteiger partial charge in [-0.25, -0.2) is 4.98 Å². The fraction of sp³-hybridized carbons (Fsp3) is 0.225. The Hall–Kier alpha value is -7.43. The van der Waals surface area contributed by atoms with Gasteiger partial charge in [0.1, 0.15) is 41.5 Å². The summed E-state index contributed by atoms with van der Waals surface area (Å²) in [5.74, 6) is -3.59. The molecule has 2 aliphatic heterocycles. The Kier molecular flexibility index (Phi) is 10.2. The number of benzene rings is 3. The van der Waals surface area contributed by atoms with Crippen molar-refractivity contribution < 1.29 is 33.5 Å². The number of aryl methyl sites for hydroxylation is 1. The molecule has 0 spiro atoms. The van der Waals surface area contributed by atoms with Crippen molar-refractivity contribution in [1.29, 1.82) is 10.5 Å². The minimum atomic E-state index is -1.08. The predicted molar refractivity (Wildman–Crippen MR) is 201 cm³/mol. The zero-order chi connectivity index (χ0) is 39.5. The number of pyridine rings is 1. The van der Waals surface area contributed by atoms with Gasteiger partial charge in [-0.1, -0.05) is 48.0 Å². The van der Waals surface area contributed by atoms with E-state index in [0.29, 0.717) is 27.8 Å². The minimum absolute atomic E-state index is 0.0184. The fourth-order valence-electron chi connectivity index (χ4n) is 6.90. The molecule has 1 atom stereocenters. The number of fused-ring (bicyclic) bond motifs is 4. The molecule has 56 heavy (non-hydrogen) atoms. The van der Waals surface area contributed by atoms with Crippen LogP contribution >= 0.6 is 0 Å². The Balaban J connectivity index is 0.951. The summed E-state index contributed by atoms with van der Waals surface area (Å²) in [4.78, 5) is 82.0. The first-order valence-corrected chi connectivity index (χ1v) is 17.7. The van der Waals surface area contributed by atoms with Crippen LogP contribution in [-0.2, 0) is 23.9 Å². The van der Waals surface area contributed by atoms with Crippen molar-refractivity contribution in [2.75, 3.05) is 36.9 Å². The Morgan fingerprint density at radius 3 is 2.39 bits per heavy atom. The lowest BCUT2D eigenvalue weighted by Crippen LogP contribution is -2.54. The van der Waals surface area contributed by atoms with Crippen molar-refractivity contribution in [3.8, 4) is 23.3 Å². The maximum absolute atomic E-state index is 13.3. The molecular weight excluding hydrogens is 718 g/mol. The normalized spacial score (nSPS) is 15.0. The second-order valence-electron chi connectivity index (χ2n) is 13.1. The number of aromatic nitrogens is 2. The first-order chi connectivity index (χ1) is 27.1.